The van der Waals surface area contributed by atoms with E-state index in [4.69, 9.17) is 4.74 Å². The van der Waals surface area contributed by atoms with Gasteiger partial charge in [0.1, 0.15) is 23.2 Å². The van der Waals surface area contributed by atoms with Crippen molar-refractivity contribution in [3.05, 3.63) is 41.3 Å². The normalized spacial score (nSPS) is 15.9. The lowest BCUT2D eigenvalue weighted by atomic mass is 10.0. The van der Waals surface area contributed by atoms with Gasteiger partial charge in [0.05, 0.1) is 6.61 Å². The molecule has 9 heteroatoms. The van der Waals surface area contributed by atoms with Crippen molar-refractivity contribution in [2.45, 2.75) is 33.2 Å². The minimum Gasteiger partial charge on any atom is -0.462 e. The van der Waals surface area contributed by atoms with Gasteiger partial charge >= 0.3 is 12.0 Å². The van der Waals surface area contributed by atoms with Gasteiger partial charge in [-0.05, 0) is 24.8 Å². The maximum Gasteiger partial charge on any atom is 0.341 e. The van der Waals surface area contributed by atoms with E-state index in [1.54, 1.807) is 12.3 Å². The summed E-state index contributed by atoms with van der Waals surface area (Å²) in [6.45, 7) is 5.37. The Kier molecular flexibility index (Phi) is 7.06. The van der Waals surface area contributed by atoms with Crippen molar-refractivity contribution in [1.29, 1.82) is 0 Å². The van der Waals surface area contributed by atoms with E-state index in [2.05, 4.69) is 10.6 Å². The third-order valence-electron chi connectivity index (χ3n) is 4.72. The number of ether oxygens (including phenoxy) is 1. The summed E-state index contributed by atoms with van der Waals surface area (Å²) >= 11 is 1.19. The minimum absolute atomic E-state index is 0.190. The number of carbonyl (C=O) groups excluding carboxylic acids is 4. The fourth-order valence-electron chi connectivity index (χ4n) is 3.35. The molecular weight excluding hydrogens is 418 g/mol. The van der Waals surface area contributed by atoms with E-state index in [0.29, 0.717) is 17.0 Å². The third kappa shape index (κ3) is 5.11. The molecule has 0 saturated carbocycles. The summed E-state index contributed by atoms with van der Waals surface area (Å²) in [5.41, 5.74) is 1.71. The molecule has 3 rings (SSSR count). The highest BCUT2D eigenvalue weighted by Crippen LogP contribution is 2.36. The molecule has 1 saturated heterocycles. The smallest absolute Gasteiger partial charge is 0.341 e. The Morgan fingerprint density at radius 3 is 2.58 bits per heavy atom. The van der Waals surface area contributed by atoms with Crippen LogP contribution in [-0.4, -0.2) is 47.9 Å². The summed E-state index contributed by atoms with van der Waals surface area (Å²) in [7, 11) is 0. The molecule has 1 aliphatic rings. The van der Waals surface area contributed by atoms with Crippen molar-refractivity contribution >= 4 is 40.2 Å². The summed E-state index contributed by atoms with van der Waals surface area (Å²) in [6, 6.07) is 8.08. The van der Waals surface area contributed by atoms with Crippen LogP contribution in [0.3, 0.4) is 0 Å². The molecule has 2 heterocycles. The van der Waals surface area contributed by atoms with Crippen LogP contribution in [0.5, 0.6) is 0 Å². The van der Waals surface area contributed by atoms with Crippen LogP contribution in [0.4, 0.5) is 9.80 Å². The second-order valence-corrected chi connectivity index (χ2v) is 8.42. The number of amides is 4. The number of esters is 1. The Hall–Kier alpha value is -3.20. The molecule has 1 aromatic heterocycles. The average Bonchev–Trinajstić information content (AvgIpc) is 3.25. The molecule has 164 valence electrons. The van der Waals surface area contributed by atoms with Gasteiger partial charge in [0.2, 0.25) is 5.91 Å². The van der Waals surface area contributed by atoms with Gasteiger partial charge in [-0.25, -0.2) is 9.59 Å². The first-order valence-corrected chi connectivity index (χ1v) is 11.0. The molecular formula is C22H25N3O5S. The summed E-state index contributed by atoms with van der Waals surface area (Å²) < 4.78 is 5.18. The second-order valence-electron chi connectivity index (χ2n) is 7.54. The number of benzene rings is 1. The van der Waals surface area contributed by atoms with Crippen molar-refractivity contribution in [1.82, 2.24) is 10.2 Å². The zero-order valence-corrected chi connectivity index (χ0v) is 18.5. The van der Waals surface area contributed by atoms with Gasteiger partial charge in [0.15, 0.2) is 0 Å². The number of carbonyl (C=O) groups is 4. The molecule has 2 aromatic rings. The van der Waals surface area contributed by atoms with E-state index >= 15 is 0 Å². The lowest BCUT2D eigenvalue weighted by Gasteiger charge is -2.14. The average molecular weight is 444 g/mol. The first kappa shape index (κ1) is 22.5. The molecule has 1 unspecified atom stereocenters. The molecule has 1 aromatic carbocycles. The van der Waals surface area contributed by atoms with E-state index in [0.717, 1.165) is 10.5 Å². The van der Waals surface area contributed by atoms with Gasteiger partial charge in [0, 0.05) is 10.9 Å². The Labute approximate surface area is 184 Å². The Morgan fingerprint density at radius 2 is 1.94 bits per heavy atom. The topological polar surface area (TPSA) is 105 Å². The second kappa shape index (κ2) is 9.74. The maximum absolute atomic E-state index is 12.6. The van der Waals surface area contributed by atoms with Gasteiger partial charge in [0.25, 0.3) is 5.91 Å². The number of imide groups is 1. The Morgan fingerprint density at radius 1 is 1.23 bits per heavy atom. The molecule has 0 radical (unpaired) electrons. The van der Waals surface area contributed by atoms with Gasteiger partial charge in [-0.1, -0.05) is 44.2 Å². The zero-order valence-electron chi connectivity index (χ0n) is 17.6. The van der Waals surface area contributed by atoms with Crippen LogP contribution in [0.15, 0.2) is 35.7 Å². The number of nitrogens with one attached hydrogen (secondary N) is 2. The summed E-state index contributed by atoms with van der Waals surface area (Å²) in [5, 5.41) is 7.36. The summed E-state index contributed by atoms with van der Waals surface area (Å²) in [4.78, 5) is 50.8. The highest BCUT2D eigenvalue weighted by Gasteiger charge is 2.39. The predicted octanol–water partition coefficient (Wildman–Crippen LogP) is 3.50. The largest absolute Gasteiger partial charge is 0.462 e. The molecule has 1 atom stereocenters. The lowest BCUT2D eigenvalue weighted by molar-refractivity contribution is -0.131. The molecule has 8 nitrogen and oxygen atoms in total. The zero-order chi connectivity index (χ0) is 22.5. The van der Waals surface area contributed by atoms with Crippen LogP contribution >= 0.6 is 11.3 Å². The van der Waals surface area contributed by atoms with Gasteiger partial charge in [-0.15, -0.1) is 11.3 Å². The maximum atomic E-state index is 12.6. The minimum atomic E-state index is -0.623. The highest BCUT2D eigenvalue weighted by atomic mass is 32.1. The molecule has 0 aliphatic carbocycles. The molecule has 0 bridgehead atoms. The monoisotopic (exact) mass is 443 g/mol. The number of urea groups is 1. The first-order valence-electron chi connectivity index (χ1n) is 10.1. The van der Waals surface area contributed by atoms with E-state index in [1.807, 2.05) is 44.2 Å². The van der Waals surface area contributed by atoms with Crippen LogP contribution in [0.1, 0.15) is 37.6 Å². The summed E-state index contributed by atoms with van der Waals surface area (Å²) in [6.07, 6.45) is 0.501. The van der Waals surface area contributed by atoms with Crippen LogP contribution in [-0.2, 0) is 14.3 Å². The van der Waals surface area contributed by atoms with Crippen molar-refractivity contribution in [3.63, 3.8) is 0 Å². The standard InChI is InChI=1S/C22H25N3O5S/c1-4-30-21(28)18-15(14-8-6-5-7-9-14)12-31-19(18)24-17(26)11-25-20(27)16(10-13(2)3)23-22(25)29/h5-9,12-13,16H,4,10-11H2,1-3H3,(H,23,29)(H,24,26). The number of hydrogen-bond acceptors (Lipinski definition) is 6. The Balaban J connectivity index is 1.78. The number of rotatable bonds is 8. The summed E-state index contributed by atoms with van der Waals surface area (Å²) in [5.74, 6) is -1.32. The van der Waals surface area contributed by atoms with Crippen molar-refractivity contribution < 1.29 is 23.9 Å². The first-order chi connectivity index (χ1) is 14.8. The van der Waals surface area contributed by atoms with Crippen molar-refractivity contribution in [3.8, 4) is 11.1 Å². The molecule has 1 aliphatic heterocycles. The molecule has 31 heavy (non-hydrogen) atoms. The number of nitrogens with zero attached hydrogens (tertiary/aromatic N) is 1. The number of thiophene rings is 1. The van der Waals surface area contributed by atoms with Gasteiger partial charge in [-0.3, -0.25) is 14.5 Å². The van der Waals surface area contributed by atoms with E-state index < -0.39 is 36.4 Å². The van der Waals surface area contributed by atoms with E-state index in [1.165, 1.54) is 11.3 Å². The van der Waals surface area contributed by atoms with E-state index in [9.17, 15) is 19.2 Å². The predicted molar refractivity (Wildman–Crippen MR) is 118 cm³/mol. The van der Waals surface area contributed by atoms with Crippen molar-refractivity contribution in [2.75, 3.05) is 18.5 Å². The van der Waals surface area contributed by atoms with Gasteiger partial charge in [-0.2, -0.15) is 0 Å². The number of anilines is 1. The van der Waals surface area contributed by atoms with Crippen LogP contribution in [0.25, 0.3) is 11.1 Å². The number of hydrogen-bond donors (Lipinski definition) is 2. The fourth-order valence-corrected chi connectivity index (χ4v) is 4.33. The van der Waals surface area contributed by atoms with Crippen molar-refractivity contribution in [2.24, 2.45) is 5.92 Å². The molecule has 1 fully saturated rings. The quantitative estimate of drug-likeness (QED) is 0.480. The lowest BCUT2D eigenvalue weighted by Crippen LogP contribution is -2.38. The highest BCUT2D eigenvalue weighted by molar-refractivity contribution is 7.15. The Bertz CT molecular complexity index is 986. The molecule has 4 amide bonds. The SMILES string of the molecule is CCOC(=O)c1c(-c2ccccc2)csc1NC(=O)CN1C(=O)NC(CC(C)C)C1=O. The van der Waals surface area contributed by atoms with Crippen LogP contribution in [0, 0.1) is 5.92 Å². The molecule has 0 spiro atoms. The third-order valence-corrected chi connectivity index (χ3v) is 5.62. The van der Waals surface area contributed by atoms with Crippen LogP contribution in [0.2, 0.25) is 0 Å². The molecule has 2 N–H and O–H groups in total. The van der Waals surface area contributed by atoms with E-state index in [-0.39, 0.29) is 18.1 Å². The van der Waals surface area contributed by atoms with Crippen LogP contribution < -0.4 is 10.6 Å². The van der Waals surface area contributed by atoms with Gasteiger partial charge < -0.3 is 15.4 Å². The fraction of sp³-hybridized carbons (Fsp3) is 0.364.